The molecule has 0 aromatic carbocycles. The highest BCUT2D eigenvalue weighted by atomic mass is 16.2. The molecule has 25 heavy (non-hydrogen) atoms. The van der Waals surface area contributed by atoms with Gasteiger partial charge in [-0.2, -0.15) is 10.1 Å². The fraction of sp³-hybridized carbons (Fsp3) is 0.667. The maximum Gasteiger partial charge on any atom is 0.252 e. The Labute approximate surface area is 148 Å². The van der Waals surface area contributed by atoms with Crippen LogP contribution in [0.4, 0.5) is 0 Å². The molecule has 0 saturated carbocycles. The standard InChI is InChI=1S/C18H26N6O/c1-13-16(14(2)24-18(21-13)19-12-20-24)6-7-17(25)23-10-9-22-8-4-3-5-15(22)11-23/h12,15H,3-11H2,1-2H3/t15-/m1/s1. The van der Waals surface area contributed by atoms with E-state index in [2.05, 4.69) is 24.9 Å². The Morgan fingerprint density at radius 2 is 2.12 bits per heavy atom. The first-order chi connectivity index (χ1) is 12.1. The fourth-order valence-electron chi connectivity index (χ4n) is 4.29. The Morgan fingerprint density at radius 3 is 3.00 bits per heavy atom. The molecule has 0 spiro atoms. The summed E-state index contributed by atoms with van der Waals surface area (Å²) in [6, 6.07) is 0.572. The van der Waals surface area contributed by atoms with E-state index in [0.29, 0.717) is 24.7 Å². The number of piperazine rings is 1. The second-order valence-corrected chi connectivity index (χ2v) is 7.26. The molecule has 1 amide bonds. The van der Waals surface area contributed by atoms with Crippen molar-refractivity contribution in [3.8, 4) is 0 Å². The van der Waals surface area contributed by atoms with Gasteiger partial charge in [-0.05, 0) is 45.2 Å². The van der Waals surface area contributed by atoms with Crippen LogP contribution in [-0.2, 0) is 11.2 Å². The molecule has 2 aliphatic heterocycles. The average Bonchev–Trinajstić information content (AvgIpc) is 3.09. The van der Waals surface area contributed by atoms with E-state index in [1.54, 1.807) is 4.52 Å². The Balaban J connectivity index is 1.42. The number of hydrogen-bond donors (Lipinski definition) is 0. The number of amides is 1. The molecule has 2 aromatic rings. The SMILES string of the molecule is Cc1nc2ncnn2c(C)c1CCC(=O)N1CCN2CCCC[C@@H]2C1. The number of piperidine rings is 1. The highest BCUT2D eigenvalue weighted by Gasteiger charge is 2.30. The number of carbonyl (C=O) groups is 1. The van der Waals surface area contributed by atoms with Gasteiger partial charge in [0.15, 0.2) is 0 Å². The summed E-state index contributed by atoms with van der Waals surface area (Å²) in [6.45, 7) is 8.01. The van der Waals surface area contributed by atoms with Gasteiger partial charge >= 0.3 is 0 Å². The predicted molar refractivity (Wildman–Crippen MR) is 94.4 cm³/mol. The van der Waals surface area contributed by atoms with E-state index in [9.17, 15) is 4.79 Å². The van der Waals surface area contributed by atoms with E-state index >= 15 is 0 Å². The first-order valence-electron chi connectivity index (χ1n) is 9.31. The molecule has 1 atom stereocenters. The Kier molecular flexibility index (Phi) is 4.41. The molecule has 2 saturated heterocycles. The van der Waals surface area contributed by atoms with Crippen molar-refractivity contribution in [2.24, 2.45) is 0 Å². The van der Waals surface area contributed by atoms with E-state index in [1.807, 2.05) is 13.8 Å². The summed E-state index contributed by atoms with van der Waals surface area (Å²) < 4.78 is 1.76. The quantitative estimate of drug-likeness (QED) is 0.843. The van der Waals surface area contributed by atoms with Gasteiger partial charge in [-0.15, -0.1) is 0 Å². The van der Waals surface area contributed by atoms with Crippen molar-refractivity contribution in [3.63, 3.8) is 0 Å². The van der Waals surface area contributed by atoms with Crippen LogP contribution >= 0.6 is 0 Å². The van der Waals surface area contributed by atoms with Crippen LogP contribution in [-0.4, -0.2) is 67.5 Å². The van der Waals surface area contributed by atoms with Crippen molar-refractivity contribution >= 4 is 11.7 Å². The molecule has 7 heteroatoms. The van der Waals surface area contributed by atoms with Gasteiger partial charge in [-0.1, -0.05) is 6.42 Å². The summed E-state index contributed by atoms with van der Waals surface area (Å²) in [4.78, 5) is 26.0. The van der Waals surface area contributed by atoms with Crippen molar-refractivity contribution < 1.29 is 4.79 Å². The molecule has 2 aliphatic rings. The molecule has 134 valence electrons. The van der Waals surface area contributed by atoms with E-state index in [4.69, 9.17) is 0 Å². The van der Waals surface area contributed by atoms with Crippen LogP contribution in [0.3, 0.4) is 0 Å². The monoisotopic (exact) mass is 342 g/mol. The lowest BCUT2D eigenvalue weighted by Crippen LogP contribution is -2.56. The highest BCUT2D eigenvalue weighted by molar-refractivity contribution is 5.76. The van der Waals surface area contributed by atoms with Crippen molar-refractivity contribution in [1.82, 2.24) is 29.4 Å². The first-order valence-corrected chi connectivity index (χ1v) is 9.31. The second kappa shape index (κ2) is 6.71. The lowest BCUT2D eigenvalue weighted by Gasteiger charge is -2.44. The number of carbonyl (C=O) groups excluding carboxylic acids is 1. The van der Waals surface area contributed by atoms with Gasteiger partial charge in [0, 0.05) is 43.5 Å². The van der Waals surface area contributed by atoms with Crippen LogP contribution in [0.1, 0.15) is 42.6 Å². The molecular formula is C18H26N6O. The second-order valence-electron chi connectivity index (χ2n) is 7.26. The van der Waals surface area contributed by atoms with E-state index in [-0.39, 0.29) is 5.91 Å². The number of fused-ring (bicyclic) bond motifs is 2. The van der Waals surface area contributed by atoms with Gasteiger partial charge < -0.3 is 4.90 Å². The molecule has 0 N–H and O–H groups in total. The summed E-state index contributed by atoms with van der Waals surface area (Å²) >= 11 is 0. The van der Waals surface area contributed by atoms with E-state index in [1.165, 1.54) is 32.1 Å². The number of rotatable bonds is 3. The third-order valence-electron chi connectivity index (χ3n) is 5.77. The molecular weight excluding hydrogens is 316 g/mol. The average molecular weight is 342 g/mol. The number of hydrogen-bond acceptors (Lipinski definition) is 5. The summed E-state index contributed by atoms with van der Waals surface area (Å²) in [5.74, 6) is 0.890. The third kappa shape index (κ3) is 3.13. The molecule has 2 aromatic heterocycles. The Hall–Kier alpha value is -2.02. The topological polar surface area (TPSA) is 66.6 Å². The van der Waals surface area contributed by atoms with Crippen molar-refractivity contribution in [1.29, 1.82) is 0 Å². The molecule has 4 rings (SSSR count). The smallest absolute Gasteiger partial charge is 0.252 e. The lowest BCUT2D eigenvalue weighted by atomic mass is 9.99. The van der Waals surface area contributed by atoms with Gasteiger partial charge in [-0.25, -0.2) is 9.50 Å². The molecule has 2 fully saturated rings. The van der Waals surface area contributed by atoms with Crippen LogP contribution in [0.25, 0.3) is 5.78 Å². The van der Waals surface area contributed by atoms with Crippen molar-refractivity contribution in [2.45, 2.75) is 52.0 Å². The zero-order valence-electron chi connectivity index (χ0n) is 15.1. The first kappa shape index (κ1) is 16.4. The largest absolute Gasteiger partial charge is 0.340 e. The molecule has 0 unspecified atom stereocenters. The minimum absolute atomic E-state index is 0.266. The number of aromatic nitrogens is 4. The Bertz CT molecular complexity index is 785. The predicted octanol–water partition coefficient (Wildman–Crippen LogP) is 1.37. The van der Waals surface area contributed by atoms with Crippen LogP contribution < -0.4 is 0 Å². The minimum Gasteiger partial charge on any atom is -0.340 e. The maximum absolute atomic E-state index is 12.7. The van der Waals surface area contributed by atoms with E-state index < -0.39 is 0 Å². The van der Waals surface area contributed by atoms with Crippen LogP contribution in [0.5, 0.6) is 0 Å². The van der Waals surface area contributed by atoms with Crippen LogP contribution in [0.15, 0.2) is 6.33 Å². The molecule has 0 aliphatic carbocycles. The van der Waals surface area contributed by atoms with Crippen molar-refractivity contribution in [2.75, 3.05) is 26.2 Å². The zero-order valence-corrected chi connectivity index (χ0v) is 15.1. The maximum atomic E-state index is 12.7. The zero-order chi connectivity index (χ0) is 17.4. The molecule has 7 nitrogen and oxygen atoms in total. The van der Waals surface area contributed by atoms with Gasteiger partial charge in [0.05, 0.1) is 0 Å². The molecule has 0 radical (unpaired) electrons. The van der Waals surface area contributed by atoms with Gasteiger partial charge in [0.1, 0.15) is 6.33 Å². The number of aryl methyl sites for hydroxylation is 2. The molecule has 0 bridgehead atoms. The van der Waals surface area contributed by atoms with E-state index in [0.717, 1.165) is 36.6 Å². The van der Waals surface area contributed by atoms with Crippen LogP contribution in [0, 0.1) is 13.8 Å². The normalized spacial score (nSPS) is 21.5. The summed E-state index contributed by atoms with van der Waals surface area (Å²) in [5, 5.41) is 4.22. The fourth-order valence-corrected chi connectivity index (χ4v) is 4.29. The third-order valence-corrected chi connectivity index (χ3v) is 5.77. The highest BCUT2D eigenvalue weighted by Crippen LogP contribution is 2.22. The summed E-state index contributed by atoms with van der Waals surface area (Å²) in [7, 11) is 0. The number of nitrogens with zero attached hydrogens (tertiary/aromatic N) is 6. The summed E-state index contributed by atoms with van der Waals surface area (Å²) in [5.41, 5.74) is 3.09. The van der Waals surface area contributed by atoms with Gasteiger partial charge in [-0.3, -0.25) is 9.69 Å². The lowest BCUT2D eigenvalue weighted by molar-refractivity contribution is -0.134. The molecule has 4 heterocycles. The van der Waals surface area contributed by atoms with Crippen LogP contribution in [0.2, 0.25) is 0 Å². The summed E-state index contributed by atoms with van der Waals surface area (Å²) in [6.07, 6.45) is 6.61. The Morgan fingerprint density at radius 1 is 1.24 bits per heavy atom. The minimum atomic E-state index is 0.266. The van der Waals surface area contributed by atoms with Gasteiger partial charge in [0.2, 0.25) is 5.91 Å². The van der Waals surface area contributed by atoms with Crippen molar-refractivity contribution in [3.05, 3.63) is 23.3 Å². The van der Waals surface area contributed by atoms with Gasteiger partial charge in [0.25, 0.3) is 5.78 Å².